The standard InChI is InChI=1S/C22H23N3O2/c1-15-6-10-18(11-7-15)25-21(23-22(26)17-4-3-5-17)14-20(24-25)16-8-12-19(27-2)13-9-16/h6-14,17H,3-5H2,1-2H3,(H,23,26). The fourth-order valence-corrected chi connectivity index (χ4v) is 3.15. The van der Waals surface area contributed by atoms with Crippen molar-refractivity contribution in [3.05, 3.63) is 60.2 Å². The molecule has 1 aromatic heterocycles. The summed E-state index contributed by atoms with van der Waals surface area (Å²) in [7, 11) is 1.65. The number of aryl methyl sites for hydroxylation is 1. The zero-order valence-electron chi connectivity index (χ0n) is 15.6. The molecule has 0 spiro atoms. The highest BCUT2D eigenvalue weighted by Crippen LogP contribution is 2.30. The maximum atomic E-state index is 12.5. The molecule has 0 radical (unpaired) electrons. The Hall–Kier alpha value is -3.08. The smallest absolute Gasteiger partial charge is 0.228 e. The van der Waals surface area contributed by atoms with Crippen LogP contribution in [-0.4, -0.2) is 22.8 Å². The fourth-order valence-electron chi connectivity index (χ4n) is 3.15. The van der Waals surface area contributed by atoms with E-state index >= 15 is 0 Å². The van der Waals surface area contributed by atoms with Gasteiger partial charge in [0.2, 0.25) is 5.91 Å². The molecule has 1 saturated carbocycles. The summed E-state index contributed by atoms with van der Waals surface area (Å²) in [5.41, 5.74) is 3.88. The second-order valence-corrected chi connectivity index (χ2v) is 7.01. The summed E-state index contributed by atoms with van der Waals surface area (Å²) < 4.78 is 7.03. The van der Waals surface area contributed by atoms with Gasteiger partial charge in [0.05, 0.1) is 18.5 Å². The molecule has 1 heterocycles. The number of carbonyl (C=O) groups excluding carboxylic acids is 1. The van der Waals surface area contributed by atoms with Crippen LogP contribution in [0.15, 0.2) is 54.6 Å². The third-order valence-corrected chi connectivity index (χ3v) is 5.10. The first-order chi connectivity index (χ1) is 13.1. The molecule has 5 nitrogen and oxygen atoms in total. The molecule has 2 aromatic carbocycles. The van der Waals surface area contributed by atoms with Gasteiger partial charge in [-0.25, -0.2) is 4.68 Å². The molecule has 5 heteroatoms. The van der Waals surface area contributed by atoms with Crippen LogP contribution in [0.1, 0.15) is 24.8 Å². The van der Waals surface area contributed by atoms with Crippen molar-refractivity contribution in [1.29, 1.82) is 0 Å². The van der Waals surface area contributed by atoms with Crippen molar-refractivity contribution in [2.24, 2.45) is 5.92 Å². The monoisotopic (exact) mass is 361 g/mol. The number of hydrogen-bond donors (Lipinski definition) is 1. The number of methoxy groups -OCH3 is 1. The van der Waals surface area contributed by atoms with Crippen LogP contribution in [0, 0.1) is 12.8 Å². The minimum atomic E-state index is 0.0794. The molecule has 138 valence electrons. The predicted molar refractivity (Wildman–Crippen MR) is 106 cm³/mol. The molecule has 1 amide bonds. The number of amides is 1. The van der Waals surface area contributed by atoms with E-state index in [1.165, 1.54) is 5.56 Å². The van der Waals surface area contributed by atoms with Gasteiger partial charge in [-0.1, -0.05) is 24.1 Å². The lowest BCUT2D eigenvalue weighted by atomic mass is 9.85. The van der Waals surface area contributed by atoms with Crippen molar-refractivity contribution in [1.82, 2.24) is 9.78 Å². The van der Waals surface area contributed by atoms with Crippen LogP contribution >= 0.6 is 0 Å². The zero-order chi connectivity index (χ0) is 18.8. The lowest BCUT2D eigenvalue weighted by Crippen LogP contribution is -2.28. The normalized spacial score (nSPS) is 13.9. The Morgan fingerprint density at radius 2 is 1.81 bits per heavy atom. The molecule has 0 unspecified atom stereocenters. The number of nitrogens with one attached hydrogen (secondary N) is 1. The third kappa shape index (κ3) is 3.58. The first-order valence-electron chi connectivity index (χ1n) is 9.26. The van der Waals surface area contributed by atoms with E-state index in [0.717, 1.165) is 42.0 Å². The van der Waals surface area contributed by atoms with E-state index in [1.54, 1.807) is 11.8 Å². The Bertz CT molecular complexity index is 939. The van der Waals surface area contributed by atoms with E-state index in [4.69, 9.17) is 9.84 Å². The number of nitrogens with zero attached hydrogens (tertiary/aromatic N) is 2. The van der Waals surface area contributed by atoms with Gasteiger partial charge in [-0.3, -0.25) is 4.79 Å². The summed E-state index contributed by atoms with van der Waals surface area (Å²) in [6, 6.07) is 17.8. The highest BCUT2D eigenvalue weighted by molar-refractivity contribution is 5.93. The van der Waals surface area contributed by atoms with Crippen LogP contribution in [0.5, 0.6) is 5.75 Å². The van der Waals surface area contributed by atoms with Gasteiger partial charge < -0.3 is 10.1 Å². The maximum absolute atomic E-state index is 12.5. The largest absolute Gasteiger partial charge is 0.497 e. The molecule has 27 heavy (non-hydrogen) atoms. The van der Waals surface area contributed by atoms with Gasteiger partial charge in [0, 0.05) is 17.5 Å². The predicted octanol–water partition coefficient (Wildman–Crippen LogP) is 4.59. The van der Waals surface area contributed by atoms with Crippen LogP contribution in [-0.2, 0) is 4.79 Å². The topological polar surface area (TPSA) is 56.1 Å². The Balaban J connectivity index is 1.71. The van der Waals surface area contributed by atoms with Gasteiger partial charge in [0.25, 0.3) is 0 Å². The van der Waals surface area contributed by atoms with Crippen LogP contribution < -0.4 is 10.1 Å². The number of carbonyl (C=O) groups is 1. The van der Waals surface area contributed by atoms with Crippen molar-refractivity contribution < 1.29 is 9.53 Å². The quantitative estimate of drug-likeness (QED) is 0.723. The summed E-state index contributed by atoms with van der Waals surface area (Å²) in [4.78, 5) is 12.5. The van der Waals surface area contributed by atoms with E-state index in [0.29, 0.717) is 5.82 Å². The summed E-state index contributed by atoms with van der Waals surface area (Å²) in [5.74, 6) is 1.70. The molecule has 0 atom stereocenters. The second kappa shape index (κ2) is 7.27. The fraction of sp³-hybridized carbons (Fsp3) is 0.273. The van der Waals surface area contributed by atoms with Crippen LogP contribution in [0.3, 0.4) is 0 Å². The van der Waals surface area contributed by atoms with Gasteiger partial charge in [0.1, 0.15) is 11.6 Å². The Kier molecular flexibility index (Phi) is 4.67. The molecule has 1 aliphatic rings. The van der Waals surface area contributed by atoms with Crippen molar-refractivity contribution in [2.45, 2.75) is 26.2 Å². The van der Waals surface area contributed by atoms with E-state index < -0.39 is 0 Å². The maximum Gasteiger partial charge on any atom is 0.228 e. The Morgan fingerprint density at radius 3 is 2.41 bits per heavy atom. The van der Waals surface area contributed by atoms with Crippen molar-refractivity contribution in [3.63, 3.8) is 0 Å². The SMILES string of the molecule is COc1ccc(-c2cc(NC(=O)C3CCC3)n(-c3ccc(C)cc3)n2)cc1. The second-order valence-electron chi connectivity index (χ2n) is 7.01. The van der Waals surface area contributed by atoms with Gasteiger partial charge in [-0.05, 0) is 56.2 Å². The molecule has 1 N–H and O–H groups in total. The minimum Gasteiger partial charge on any atom is -0.497 e. The molecule has 0 aliphatic heterocycles. The molecule has 1 aliphatic carbocycles. The highest BCUT2D eigenvalue weighted by Gasteiger charge is 2.26. The van der Waals surface area contributed by atoms with Gasteiger partial charge in [-0.2, -0.15) is 5.10 Å². The first-order valence-corrected chi connectivity index (χ1v) is 9.26. The minimum absolute atomic E-state index is 0.0794. The van der Waals surface area contributed by atoms with Crippen LogP contribution in [0.2, 0.25) is 0 Å². The van der Waals surface area contributed by atoms with Gasteiger partial charge in [0.15, 0.2) is 0 Å². The van der Waals surface area contributed by atoms with E-state index in [2.05, 4.69) is 12.2 Å². The van der Waals surface area contributed by atoms with Gasteiger partial charge in [-0.15, -0.1) is 0 Å². The Morgan fingerprint density at radius 1 is 1.11 bits per heavy atom. The van der Waals surface area contributed by atoms with Crippen molar-refractivity contribution in [3.8, 4) is 22.7 Å². The molecule has 0 bridgehead atoms. The molecule has 0 saturated heterocycles. The highest BCUT2D eigenvalue weighted by atomic mass is 16.5. The van der Waals surface area contributed by atoms with E-state index in [9.17, 15) is 4.79 Å². The molecular weight excluding hydrogens is 338 g/mol. The number of hydrogen-bond acceptors (Lipinski definition) is 3. The van der Waals surface area contributed by atoms with Crippen molar-refractivity contribution >= 4 is 11.7 Å². The molecule has 3 aromatic rings. The van der Waals surface area contributed by atoms with Crippen molar-refractivity contribution in [2.75, 3.05) is 12.4 Å². The van der Waals surface area contributed by atoms with Gasteiger partial charge >= 0.3 is 0 Å². The average molecular weight is 361 g/mol. The first kappa shape index (κ1) is 17.3. The number of aromatic nitrogens is 2. The number of rotatable bonds is 5. The molecule has 4 rings (SSSR count). The van der Waals surface area contributed by atoms with Crippen LogP contribution in [0.25, 0.3) is 16.9 Å². The molecular formula is C22H23N3O2. The van der Waals surface area contributed by atoms with Crippen LogP contribution in [0.4, 0.5) is 5.82 Å². The number of anilines is 1. The summed E-state index contributed by atoms with van der Waals surface area (Å²) in [6.07, 6.45) is 3.07. The third-order valence-electron chi connectivity index (χ3n) is 5.10. The number of ether oxygens (including phenoxy) is 1. The Labute approximate surface area is 159 Å². The summed E-state index contributed by atoms with van der Waals surface area (Å²) in [6.45, 7) is 2.05. The lowest BCUT2D eigenvalue weighted by molar-refractivity contribution is -0.122. The van der Waals surface area contributed by atoms with E-state index in [1.807, 2.05) is 54.6 Å². The van der Waals surface area contributed by atoms with E-state index in [-0.39, 0.29) is 11.8 Å². The number of benzene rings is 2. The average Bonchev–Trinajstić information content (AvgIpc) is 3.04. The molecule has 1 fully saturated rings. The summed E-state index contributed by atoms with van der Waals surface area (Å²) >= 11 is 0. The lowest BCUT2D eigenvalue weighted by Gasteiger charge is -2.24. The zero-order valence-corrected chi connectivity index (χ0v) is 15.6. The summed E-state index contributed by atoms with van der Waals surface area (Å²) in [5, 5.41) is 7.83.